The van der Waals surface area contributed by atoms with Crippen LogP contribution in [0.1, 0.15) is 70.6 Å². The van der Waals surface area contributed by atoms with Crippen molar-refractivity contribution in [3.8, 4) is 0 Å². The lowest BCUT2D eigenvalue weighted by atomic mass is 9.93. The Morgan fingerprint density at radius 3 is 2.81 bits per heavy atom. The second-order valence-electron chi connectivity index (χ2n) is 6.33. The fourth-order valence-electron chi connectivity index (χ4n) is 4.12. The SMILES string of the molecule is CCOC(CC)(CC)c1noc(C2NCC3CCCC32)n1. The molecular formula is C16H27N3O2. The highest BCUT2D eigenvalue weighted by molar-refractivity contribution is 5.07. The van der Waals surface area contributed by atoms with Gasteiger partial charge in [-0.05, 0) is 51.0 Å². The van der Waals surface area contributed by atoms with Crippen molar-refractivity contribution in [2.24, 2.45) is 11.8 Å². The summed E-state index contributed by atoms with van der Waals surface area (Å²) in [6, 6.07) is 0.242. The summed E-state index contributed by atoms with van der Waals surface area (Å²) in [4.78, 5) is 4.72. The zero-order chi connectivity index (χ0) is 14.9. The molecule has 1 saturated heterocycles. The van der Waals surface area contributed by atoms with Crippen molar-refractivity contribution in [2.45, 2.75) is 64.5 Å². The molecule has 3 atom stereocenters. The molecule has 1 saturated carbocycles. The van der Waals surface area contributed by atoms with Gasteiger partial charge < -0.3 is 14.6 Å². The smallest absolute Gasteiger partial charge is 0.244 e. The molecule has 0 aromatic carbocycles. The van der Waals surface area contributed by atoms with E-state index in [0.29, 0.717) is 18.3 Å². The predicted octanol–water partition coefficient (Wildman–Crippen LogP) is 3.18. The zero-order valence-electron chi connectivity index (χ0n) is 13.4. The maximum Gasteiger partial charge on any atom is 0.244 e. The van der Waals surface area contributed by atoms with Crippen LogP contribution in [-0.4, -0.2) is 23.3 Å². The minimum Gasteiger partial charge on any atom is -0.367 e. The molecule has 2 fully saturated rings. The average Bonchev–Trinajstić information content (AvgIpc) is 3.20. The third-order valence-corrected chi connectivity index (χ3v) is 5.42. The molecule has 1 aliphatic heterocycles. The minimum absolute atomic E-state index is 0.242. The van der Waals surface area contributed by atoms with Crippen LogP contribution in [0, 0.1) is 11.8 Å². The molecule has 21 heavy (non-hydrogen) atoms. The van der Waals surface area contributed by atoms with E-state index in [1.54, 1.807) is 0 Å². The van der Waals surface area contributed by atoms with Crippen molar-refractivity contribution in [3.63, 3.8) is 0 Å². The quantitative estimate of drug-likeness (QED) is 0.873. The first kappa shape index (κ1) is 15.0. The van der Waals surface area contributed by atoms with Gasteiger partial charge >= 0.3 is 0 Å². The fraction of sp³-hybridized carbons (Fsp3) is 0.875. The lowest BCUT2D eigenvalue weighted by Crippen LogP contribution is -2.30. The summed E-state index contributed by atoms with van der Waals surface area (Å²) in [6.07, 6.45) is 5.67. The second kappa shape index (κ2) is 6.05. The normalized spacial score (nSPS) is 29.0. The van der Waals surface area contributed by atoms with E-state index in [4.69, 9.17) is 14.2 Å². The van der Waals surface area contributed by atoms with Crippen LogP contribution in [0.15, 0.2) is 4.52 Å². The highest BCUT2D eigenvalue weighted by Crippen LogP contribution is 2.44. The Balaban J connectivity index is 1.82. The maximum absolute atomic E-state index is 5.97. The van der Waals surface area contributed by atoms with Crippen LogP contribution < -0.4 is 5.32 Å². The number of rotatable bonds is 6. The van der Waals surface area contributed by atoms with Crippen molar-refractivity contribution in [2.75, 3.05) is 13.2 Å². The predicted molar refractivity (Wildman–Crippen MR) is 79.8 cm³/mol. The van der Waals surface area contributed by atoms with Crippen LogP contribution >= 0.6 is 0 Å². The van der Waals surface area contributed by atoms with Gasteiger partial charge in [0.05, 0.1) is 6.04 Å². The van der Waals surface area contributed by atoms with Gasteiger partial charge in [0.1, 0.15) is 5.60 Å². The van der Waals surface area contributed by atoms with E-state index in [-0.39, 0.29) is 6.04 Å². The topological polar surface area (TPSA) is 60.2 Å². The molecule has 118 valence electrons. The van der Waals surface area contributed by atoms with Gasteiger partial charge in [0.25, 0.3) is 0 Å². The summed E-state index contributed by atoms with van der Waals surface area (Å²) >= 11 is 0. The van der Waals surface area contributed by atoms with E-state index in [1.165, 1.54) is 19.3 Å². The Kier molecular flexibility index (Phi) is 4.31. The lowest BCUT2D eigenvalue weighted by Gasteiger charge is -2.27. The average molecular weight is 293 g/mol. The minimum atomic E-state index is -0.399. The van der Waals surface area contributed by atoms with Crippen LogP contribution in [-0.2, 0) is 10.3 Å². The monoisotopic (exact) mass is 293 g/mol. The number of ether oxygens (including phenoxy) is 1. The summed E-state index contributed by atoms with van der Waals surface area (Å²) in [7, 11) is 0. The molecule has 1 aliphatic carbocycles. The molecule has 1 aromatic rings. The Morgan fingerprint density at radius 2 is 2.10 bits per heavy atom. The molecule has 0 spiro atoms. The molecule has 0 amide bonds. The van der Waals surface area contributed by atoms with Gasteiger partial charge in [0.2, 0.25) is 11.7 Å². The number of nitrogens with zero attached hydrogens (tertiary/aromatic N) is 2. The zero-order valence-corrected chi connectivity index (χ0v) is 13.4. The van der Waals surface area contributed by atoms with Gasteiger partial charge in [0, 0.05) is 6.61 Å². The number of aromatic nitrogens is 2. The molecule has 5 nitrogen and oxygen atoms in total. The third-order valence-electron chi connectivity index (χ3n) is 5.42. The van der Waals surface area contributed by atoms with E-state index in [9.17, 15) is 0 Å². The number of fused-ring (bicyclic) bond motifs is 1. The fourth-order valence-corrected chi connectivity index (χ4v) is 4.12. The molecule has 2 aliphatic rings. The Morgan fingerprint density at radius 1 is 1.29 bits per heavy atom. The van der Waals surface area contributed by atoms with Crippen molar-refractivity contribution in [1.82, 2.24) is 15.5 Å². The highest BCUT2D eigenvalue weighted by atomic mass is 16.5. The van der Waals surface area contributed by atoms with Gasteiger partial charge in [-0.2, -0.15) is 4.98 Å². The first-order valence-electron chi connectivity index (χ1n) is 8.45. The molecule has 3 rings (SSSR count). The Hall–Kier alpha value is -0.940. The summed E-state index contributed by atoms with van der Waals surface area (Å²) in [5, 5.41) is 7.83. The van der Waals surface area contributed by atoms with Gasteiger partial charge in [-0.3, -0.25) is 0 Å². The van der Waals surface area contributed by atoms with E-state index in [0.717, 1.165) is 31.2 Å². The van der Waals surface area contributed by atoms with Crippen molar-refractivity contribution < 1.29 is 9.26 Å². The summed E-state index contributed by atoms with van der Waals surface area (Å²) in [5.41, 5.74) is -0.399. The van der Waals surface area contributed by atoms with E-state index in [1.807, 2.05) is 6.92 Å². The number of hydrogen-bond acceptors (Lipinski definition) is 5. The molecule has 0 bridgehead atoms. The largest absolute Gasteiger partial charge is 0.367 e. The van der Waals surface area contributed by atoms with Crippen LogP contribution in [0.3, 0.4) is 0 Å². The first-order chi connectivity index (χ1) is 10.2. The van der Waals surface area contributed by atoms with Crippen LogP contribution in [0.5, 0.6) is 0 Å². The maximum atomic E-state index is 5.97. The van der Waals surface area contributed by atoms with Gasteiger partial charge in [-0.15, -0.1) is 0 Å². The molecular weight excluding hydrogens is 266 g/mol. The Bertz CT molecular complexity index is 470. The van der Waals surface area contributed by atoms with Crippen molar-refractivity contribution >= 4 is 0 Å². The molecule has 3 unspecified atom stereocenters. The summed E-state index contributed by atoms with van der Waals surface area (Å²) in [5.74, 6) is 2.93. The third kappa shape index (κ3) is 2.50. The van der Waals surface area contributed by atoms with Crippen LogP contribution in [0.25, 0.3) is 0 Å². The number of hydrogen-bond donors (Lipinski definition) is 1. The Labute approximate surface area is 126 Å². The standard InChI is InChI=1S/C16H27N3O2/c1-4-16(5-2,20-6-3)15-18-14(21-19-15)13-12-9-7-8-11(12)10-17-13/h11-13,17H,4-10H2,1-3H3. The summed E-state index contributed by atoms with van der Waals surface area (Å²) < 4.78 is 11.6. The van der Waals surface area contributed by atoms with E-state index >= 15 is 0 Å². The van der Waals surface area contributed by atoms with Crippen molar-refractivity contribution in [1.29, 1.82) is 0 Å². The van der Waals surface area contributed by atoms with Gasteiger partial charge in [-0.25, -0.2) is 0 Å². The van der Waals surface area contributed by atoms with Gasteiger partial charge in [-0.1, -0.05) is 25.4 Å². The lowest BCUT2D eigenvalue weighted by molar-refractivity contribution is -0.0583. The van der Waals surface area contributed by atoms with Crippen molar-refractivity contribution in [3.05, 3.63) is 11.7 Å². The number of nitrogens with one attached hydrogen (secondary N) is 1. The van der Waals surface area contributed by atoms with E-state index in [2.05, 4.69) is 24.3 Å². The van der Waals surface area contributed by atoms with Crippen LogP contribution in [0.4, 0.5) is 0 Å². The highest BCUT2D eigenvalue weighted by Gasteiger charge is 2.43. The van der Waals surface area contributed by atoms with Crippen LogP contribution in [0.2, 0.25) is 0 Å². The molecule has 5 heteroatoms. The second-order valence-corrected chi connectivity index (χ2v) is 6.33. The summed E-state index contributed by atoms with van der Waals surface area (Å²) in [6.45, 7) is 8.01. The first-order valence-corrected chi connectivity index (χ1v) is 8.45. The van der Waals surface area contributed by atoms with Gasteiger partial charge in [0.15, 0.2) is 0 Å². The van der Waals surface area contributed by atoms with E-state index < -0.39 is 5.60 Å². The molecule has 2 heterocycles. The molecule has 1 N–H and O–H groups in total. The molecule has 0 radical (unpaired) electrons. The molecule has 1 aromatic heterocycles.